The summed E-state index contributed by atoms with van der Waals surface area (Å²) < 4.78 is 24.8. The van der Waals surface area contributed by atoms with E-state index in [9.17, 15) is 9.18 Å². The van der Waals surface area contributed by atoms with Gasteiger partial charge in [0.1, 0.15) is 17.9 Å². The largest absolute Gasteiger partial charge is 0.496 e. The lowest BCUT2D eigenvalue weighted by molar-refractivity contribution is 0.0993. The molecule has 0 aliphatic heterocycles. The van der Waals surface area contributed by atoms with Crippen molar-refractivity contribution in [1.82, 2.24) is 0 Å². The van der Waals surface area contributed by atoms with Crippen LogP contribution >= 0.6 is 0 Å². The summed E-state index contributed by atoms with van der Waals surface area (Å²) in [5, 5.41) is 0. The van der Waals surface area contributed by atoms with Crippen LogP contribution < -0.4 is 15.2 Å². The van der Waals surface area contributed by atoms with Crippen LogP contribution in [0, 0.1) is 5.82 Å². The third-order valence-electron chi connectivity index (χ3n) is 2.99. The Bertz CT molecular complexity index is 629. The maximum Gasteiger partial charge on any atom is 0.183 e. The van der Waals surface area contributed by atoms with E-state index in [-0.39, 0.29) is 30.2 Å². The van der Waals surface area contributed by atoms with E-state index in [2.05, 4.69) is 0 Å². The maximum absolute atomic E-state index is 14.4. The van der Waals surface area contributed by atoms with Crippen LogP contribution in [0.4, 0.5) is 4.39 Å². The molecule has 21 heavy (non-hydrogen) atoms. The maximum atomic E-state index is 14.4. The molecule has 2 N–H and O–H groups in total. The zero-order chi connectivity index (χ0) is 15.2. The molecule has 5 heteroatoms. The molecule has 0 amide bonds. The highest BCUT2D eigenvalue weighted by Crippen LogP contribution is 2.29. The van der Waals surface area contributed by atoms with Gasteiger partial charge in [-0.1, -0.05) is 30.3 Å². The van der Waals surface area contributed by atoms with E-state index in [0.29, 0.717) is 0 Å². The fraction of sp³-hybridized carbons (Fsp3) is 0.188. The number of rotatable bonds is 6. The van der Waals surface area contributed by atoms with Gasteiger partial charge >= 0.3 is 0 Å². The number of carbonyl (C=O) groups is 1. The van der Waals surface area contributed by atoms with Gasteiger partial charge in [0.05, 0.1) is 13.7 Å². The average Bonchev–Trinajstić information content (AvgIpc) is 2.53. The second kappa shape index (κ2) is 6.85. The molecule has 2 aromatic carbocycles. The Morgan fingerprint density at radius 2 is 1.81 bits per heavy atom. The number of carbonyl (C=O) groups excluding carboxylic acids is 1. The highest BCUT2D eigenvalue weighted by molar-refractivity contribution is 6.00. The SMILES string of the molecule is COc1ccc(OCc2ccccc2)c(F)c1C(=O)CN. The molecule has 0 spiro atoms. The minimum absolute atomic E-state index is 0.00328. The fourth-order valence-corrected chi connectivity index (χ4v) is 1.92. The Hall–Kier alpha value is -2.40. The molecule has 0 aliphatic rings. The van der Waals surface area contributed by atoms with E-state index in [0.717, 1.165) is 5.56 Å². The average molecular weight is 289 g/mol. The number of benzene rings is 2. The highest BCUT2D eigenvalue weighted by Gasteiger charge is 2.20. The van der Waals surface area contributed by atoms with E-state index in [4.69, 9.17) is 15.2 Å². The first-order valence-electron chi connectivity index (χ1n) is 6.44. The van der Waals surface area contributed by atoms with Crippen molar-refractivity contribution in [3.05, 3.63) is 59.4 Å². The van der Waals surface area contributed by atoms with Crippen LogP contribution in [-0.2, 0) is 6.61 Å². The van der Waals surface area contributed by atoms with Crippen molar-refractivity contribution in [3.63, 3.8) is 0 Å². The number of ether oxygens (including phenoxy) is 2. The predicted octanol–water partition coefficient (Wildman–Crippen LogP) is 2.55. The lowest BCUT2D eigenvalue weighted by Crippen LogP contribution is -2.17. The molecule has 0 bridgehead atoms. The number of hydrogen-bond acceptors (Lipinski definition) is 4. The van der Waals surface area contributed by atoms with Gasteiger partial charge in [-0.25, -0.2) is 4.39 Å². The van der Waals surface area contributed by atoms with Crippen LogP contribution in [0.3, 0.4) is 0 Å². The van der Waals surface area contributed by atoms with Crippen molar-refractivity contribution >= 4 is 5.78 Å². The molecule has 0 unspecified atom stereocenters. The van der Waals surface area contributed by atoms with Crippen LogP contribution in [-0.4, -0.2) is 19.4 Å². The summed E-state index contributed by atoms with van der Waals surface area (Å²) in [4.78, 5) is 11.7. The van der Waals surface area contributed by atoms with E-state index in [1.165, 1.54) is 19.2 Å². The van der Waals surface area contributed by atoms with Crippen LogP contribution in [0.5, 0.6) is 11.5 Å². The minimum atomic E-state index is -0.749. The number of Topliss-reactive ketones (excluding diaryl/α,β-unsaturated/α-hetero) is 1. The standard InChI is InChI=1S/C16H16FNO3/c1-20-13-7-8-14(16(17)15(13)12(19)9-18)21-10-11-5-3-2-4-6-11/h2-8H,9-10,18H2,1H3. The summed E-state index contributed by atoms with van der Waals surface area (Å²) >= 11 is 0. The first-order valence-corrected chi connectivity index (χ1v) is 6.44. The summed E-state index contributed by atoms with van der Waals surface area (Å²) in [6.07, 6.45) is 0. The second-order valence-electron chi connectivity index (χ2n) is 4.36. The topological polar surface area (TPSA) is 61.5 Å². The van der Waals surface area contributed by atoms with E-state index >= 15 is 0 Å². The molecule has 4 nitrogen and oxygen atoms in total. The van der Waals surface area contributed by atoms with Crippen molar-refractivity contribution in [2.24, 2.45) is 5.73 Å². The number of halogens is 1. The number of nitrogens with two attached hydrogens (primary N) is 1. The Balaban J connectivity index is 2.26. The quantitative estimate of drug-likeness (QED) is 0.830. The summed E-state index contributed by atoms with van der Waals surface area (Å²) in [7, 11) is 1.37. The van der Waals surface area contributed by atoms with Gasteiger partial charge in [-0.15, -0.1) is 0 Å². The van der Waals surface area contributed by atoms with Gasteiger partial charge in [0.25, 0.3) is 0 Å². The summed E-state index contributed by atoms with van der Waals surface area (Å²) in [6, 6.07) is 12.3. The minimum Gasteiger partial charge on any atom is -0.496 e. The van der Waals surface area contributed by atoms with Crippen LogP contribution in [0.15, 0.2) is 42.5 Å². The van der Waals surface area contributed by atoms with Gasteiger partial charge < -0.3 is 15.2 Å². The zero-order valence-electron chi connectivity index (χ0n) is 11.6. The van der Waals surface area contributed by atoms with Crippen LogP contribution in [0.25, 0.3) is 0 Å². The van der Waals surface area contributed by atoms with E-state index in [1.807, 2.05) is 30.3 Å². The molecule has 2 rings (SSSR count). The van der Waals surface area contributed by atoms with Crippen molar-refractivity contribution in [2.75, 3.05) is 13.7 Å². The molecule has 0 aliphatic carbocycles. The lowest BCUT2D eigenvalue weighted by Gasteiger charge is -2.12. The van der Waals surface area contributed by atoms with Gasteiger partial charge in [-0.2, -0.15) is 0 Å². The summed E-state index contributed by atoms with van der Waals surface area (Å²) in [6.45, 7) is -0.0875. The molecular formula is C16H16FNO3. The molecule has 0 heterocycles. The number of hydrogen-bond donors (Lipinski definition) is 1. The molecule has 0 aromatic heterocycles. The molecule has 0 saturated heterocycles. The van der Waals surface area contributed by atoms with E-state index < -0.39 is 11.6 Å². The van der Waals surface area contributed by atoms with Gasteiger partial charge in [0.15, 0.2) is 17.3 Å². The second-order valence-corrected chi connectivity index (χ2v) is 4.36. The van der Waals surface area contributed by atoms with E-state index in [1.54, 1.807) is 0 Å². The summed E-state index contributed by atoms with van der Waals surface area (Å²) in [5.74, 6) is -1.14. The first-order chi connectivity index (χ1) is 10.2. The number of methoxy groups -OCH3 is 1. The first kappa shape index (κ1) is 15.0. The molecule has 0 saturated carbocycles. The lowest BCUT2D eigenvalue weighted by atomic mass is 10.1. The molecule has 110 valence electrons. The predicted molar refractivity (Wildman–Crippen MR) is 77.1 cm³/mol. The van der Waals surface area contributed by atoms with Crippen LogP contribution in [0.1, 0.15) is 15.9 Å². The van der Waals surface area contributed by atoms with Crippen molar-refractivity contribution in [1.29, 1.82) is 0 Å². The van der Waals surface area contributed by atoms with Gasteiger partial charge in [0, 0.05) is 0 Å². The van der Waals surface area contributed by atoms with Crippen LogP contribution in [0.2, 0.25) is 0 Å². The Kier molecular flexibility index (Phi) is 4.90. The van der Waals surface area contributed by atoms with Gasteiger partial charge in [-0.3, -0.25) is 4.79 Å². The number of ketones is 1. The van der Waals surface area contributed by atoms with Crippen molar-refractivity contribution in [2.45, 2.75) is 6.61 Å². The Morgan fingerprint density at radius 1 is 1.14 bits per heavy atom. The normalized spacial score (nSPS) is 10.2. The van der Waals surface area contributed by atoms with Crippen molar-refractivity contribution < 1.29 is 18.7 Å². The van der Waals surface area contributed by atoms with Gasteiger partial charge in [-0.05, 0) is 17.7 Å². The van der Waals surface area contributed by atoms with Gasteiger partial charge in [0.2, 0.25) is 0 Å². The molecule has 0 radical (unpaired) electrons. The fourth-order valence-electron chi connectivity index (χ4n) is 1.92. The van der Waals surface area contributed by atoms with Crippen molar-refractivity contribution in [3.8, 4) is 11.5 Å². The Morgan fingerprint density at radius 3 is 2.43 bits per heavy atom. The molecule has 2 aromatic rings. The third-order valence-corrected chi connectivity index (χ3v) is 2.99. The third kappa shape index (κ3) is 3.38. The monoisotopic (exact) mass is 289 g/mol. The summed E-state index contributed by atoms with van der Waals surface area (Å²) in [5.41, 5.74) is 6.03. The molecular weight excluding hydrogens is 273 g/mol. The molecule has 0 fully saturated rings. The molecule has 0 atom stereocenters. The highest BCUT2D eigenvalue weighted by atomic mass is 19.1. The smallest absolute Gasteiger partial charge is 0.183 e. The Labute approximate surface area is 122 Å². The zero-order valence-corrected chi connectivity index (χ0v) is 11.6.